The molecule has 138 valence electrons. The number of ether oxygens (including phenoxy) is 3. The smallest absolute Gasteiger partial charge is 0.244 e. The Morgan fingerprint density at radius 3 is 2.82 bits per heavy atom. The second-order valence-electron chi connectivity index (χ2n) is 6.46. The highest BCUT2D eigenvalue weighted by Gasteiger charge is 2.41. The van der Waals surface area contributed by atoms with Gasteiger partial charge in [0.2, 0.25) is 18.6 Å². The molecule has 0 saturated heterocycles. The Bertz CT molecular complexity index is 1150. The van der Waals surface area contributed by atoms with Crippen molar-refractivity contribution in [3.63, 3.8) is 0 Å². The molecule has 0 amide bonds. The first-order chi connectivity index (χ1) is 13.7. The lowest BCUT2D eigenvalue weighted by Crippen LogP contribution is -2.31. The van der Waals surface area contributed by atoms with Gasteiger partial charge < -0.3 is 14.2 Å². The van der Waals surface area contributed by atoms with Gasteiger partial charge in [-0.05, 0) is 29.8 Å². The molecule has 0 saturated carbocycles. The number of hydrogen-bond acceptors (Lipinski definition) is 6. The predicted molar refractivity (Wildman–Crippen MR) is 104 cm³/mol. The van der Waals surface area contributed by atoms with Crippen LogP contribution in [-0.4, -0.2) is 22.9 Å². The summed E-state index contributed by atoms with van der Waals surface area (Å²) in [6.07, 6.45) is 0. The summed E-state index contributed by atoms with van der Waals surface area (Å²) in [5.41, 5.74) is 3.20. The van der Waals surface area contributed by atoms with E-state index in [4.69, 9.17) is 19.6 Å². The topological polar surface area (TPSA) is 104 Å². The summed E-state index contributed by atoms with van der Waals surface area (Å²) in [6, 6.07) is 15.5. The van der Waals surface area contributed by atoms with Crippen molar-refractivity contribution in [2.45, 2.75) is 5.92 Å². The molecule has 8 heteroatoms. The average molecular weight is 437 g/mol. The van der Waals surface area contributed by atoms with E-state index in [2.05, 4.69) is 32.2 Å². The molecule has 2 unspecified atom stereocenters. The van der Waals surface area contributed by atoms with Crippen LogP contribution in [0.2, 0.25) is 0 Å². The van der Waals surface area contributed by atoms with Gasteiger partial charge in [0.05, 0.1) is 17.3 Å². The Morgan fingerprint density at radius 2 is 2.00 bits per heavy atom. The molecule has 5 rings (SSSR count). The first-order valence-electron chi connectivity index (χ1n) is 8.56. The fourth-order valence-corrected chi connectivity index (χ4v) is 4.19. The van der Waals surface area contributed by atoms with Gasteiger partial charge in [0.25, 0.3) is 0 Å². The van der Waals surface area contributed by atoms with Crippen molar-refractivity contribution in [1.82, 2.24) is 10.2 Å². The van der Waals surface area contributed by atoms with E-state index in [1.807, 2.05) is 42.5 Å². The van der Waals surface area contributed by atoms with E-state index in [9.17, 15) is 5.26 Å². The SMILES string of the molecule is N#CC1C(=N)Oc2n[nH]c(-c3ccc4c(c3)OCO4)c2C1c1ccccc1Br. The molecule has 2 N–H and O–H groups in total. The molecule has 2 aliphatic heterocycles. The van der Waals surface area contributed by atoms with Crippen LogP contribution in [0.4, 0.5) is 0 Å². The molecule has 1 aromatic heterocycles. The molecule has 2 aliphatic rings. The van der Waals surface area contributed by atoms with E-state index < -0.39 is 11.8 Å². The van der Waals surface area contributed by atoms with Gasteiger partial charge in [-0.3, -0.25) is 10.5 Å². The van der Waals surface area contributed by atoms with E-state index in [1.54, 1.807) is 0 Å². The molecule has 2 atom stereocenters. The van der Waals surface area contributed by atoms with Gasteiger partial charge >= 0.3 is 0 Å². The van der Waals surface area contributed by atoms with Gasteiger partial charge in [-0.1, -0.05) is 34.1 Å². The van der Waals surface area contributed by atoms with Crippen molar-refractivity contribution in [3.8, 4) is 34.7 Å². The zero-order valence-corrected chi connectivity index (χ0v) is 16.0. The third kappa shape index (κ3) is 2.47. The Morgan fingerprint density at radius 1 is 1.18 bits per heavy atom. The number of nitriles is 1. The number of halogens is 1. The van der Waals surface area contributed by atoms with Crippen molar-refractivity contribution in [3.05, 3.63) is 58.1 Å². The molecule has 0 spiro atoms. The maximum absolute atomic E-state index is 9.78. The lowest BCUT2D eigenvalue weighted by Gasteiger charge is -2.28. The van der Waals surface area contributed by atoms with Crippen LogP contribution in [0.15, 0.2) is 46.9 Å². The number of aromatic amines is 1. The van der Waals surface area contributed by atoms with E-state index in [1.165, 1.54) is 0 Å². The predicted octanol–water partition coefficient (Wildman–Crippen LogP) is 4.21. The maximum Gasteiger partial charge on any atom is 0.244 e. The Balaban J connectivity index is 1.72. The van der Waals surface area contributed by atoms with Gasteiger partial charge in [-0.2, -0.15) is 5.26 Å². The van der Waals surface area contributed by atoms with Gasteiger partial charge in [0, 0.05) is 16.0 Å². The zero-order chi connectivity index (χ0) is 19.3. The molecular weight excluding hydrogens is 424 g/mol. The van der Waals surface area contributed by atoms with Crippen LogP contribution in [0.5, 0.6) is 17.4 Å². The van der Waals surface area contributed by atoms with Crippen LogP contribution >= 0.6 is 15.9 Å². The first kappa shape index (κ1) is 16.8. The van der Waals surface area contributed by atoms with Crippen LogP contribution in [0, 0.1) is 22.7 Å². The Kier molecular flexibility index (Phi) is 3.84. The fourth-order valence-electron chi connectivity index (χ4n) is 3.65. The number of H-pyrrole nitrogens is 1. The van der Waals surface area contributed by atoms with Crippen LogP contribution < -0.4 is 14.2 Å². The van der Waals surface area contributed by atoms with Crippen LogP contribution in [0.1, 0.15) is 17.0 Å². The van der Waals surface area contributed by atoms with Gasteiger partial charge in [0.1, 0.15) is 5.92 Å². The Hall–Kier alpha value is -3.31. The molecule has 7 nitrogen and oxygen atoms in total. The summed E-state index contributed by atoms with van der Waals surface area (Å²) in [5.74, 6) is 0.365. The molecule has 3 heterocycles. The van der Waals surface area contributed by atoms with Gasteiger partial charge in [0.15, 0.2) is 11.5 Å². The van der Waals surface area contributed by atoms with E-state index in [0.717, 1.165) is 26.9 Å². The average Bonchev–Trinajstić information content (AvgIpc) is 3.33. The summed E-state index contributed by atoms with van der Waals surface area (Å²) < 4.78 is 17.3. The second kappa shape index (κ2) is 6.39. The van der Waals surface area contributed by atoms with Crippen molar-refractivity contribution in [2.75, 3.05) is 6.79 Å². The minimum atomic E-state index is -0.767. The van der Waals surface area contributed by atoms with Crippen molar-refractivity contribution in [1.29, 1.82) is 10.7 Å². The van der Waals surface area contributed by atoms with Crippen LogP contribution in [0.3, 0.4) is 0 Å². The summed E-state index contributed by atoms with van der Waals surface area (Å²) >= 11 is 3.58. The largest absolute Gasteiger partial charge is 0.454 e. The minimum Gasteiger partial charge on any atom is -0.454 e. The van der Waals surface area contributed by atoms with Gasteiger partial charge in [-0.15, -0.1) is 5.10 Å². The van der Waals surface area contributed by atoms with E-state index >= 15 is 0 Å². The van der Waals surface area contributed by atoms with Crippen molar-refractivity contribution in [2.24, 2.45) is 5.92 Å². The molecule has 0 fully saturated rings. The summed E-state index contributed by atoms with van der Waals surface area (Å²) in [7, 11) is 0. The zero-order valence-electron chi connectivity index (χ0n) is 14.4. The standard InChI is InChI=1S/C20H13BrN4O3/c21-13-4-2-1-3-11(13)16-12(8-22)19(23)28-20-17(16)18(24-25-20)10-5-6-14-15(7-10)27-9-26-14/h1-7,12,16,23H,9H2,(H,24,25). The van der Waals surface area contributed by atoms with Crippen LogP contribution in [0.25, 0.3) is 11.3 Å². The van der Waals surface area contributed by atoms with Crippen LogP contribution in [-0.2, 0) is 0 Å². The number of aromatic nitrogens is 2. The molecule has 28 heavy (non-hydrogen) atoms. The summed E-state index contributed by atoms with van der Waals surface area (Å²) in [4.78, 5) is 0. The molecular formula is C20H13BrN4O3. The highest BCUT2D eigenvalue weighted by molar-refractivity contribution is 9.10. The van der Waals surface area contributed by atoms with E-state index in [0.29, 0.717) is 17.4 Å². The molecule has 0 aliphatic carbocycles. The highest BCUT2D eigenvalue weighted by Crippen LogP contribution is 2.48. The third-order valence-corrected chi connectivity index (χ3v) is 5.67. The third-order valence-electron chi connectivity index (χ3n) is 4.94. The summed E-state index contributed by atoms with van der Waals surface area (Å²) in [6.45, 7) is 0.191. The van der Waals surface area contributed by atoms with Crippen molar-refractivity contribution >= 4 is 21.8 Å². The molecule has 0 radical (unpaired) electrons. The number of nitrogens with one attached hydrogen (secondary N) is 2. The Labute approximate surface area is 168 Å². The molecule has 3 aromatic rings. The quantitative estimate of drug-likeness (QED) is 0.625. The fraction of sp³-hybridized carbons (Fsp3) is 0.150. The molecule has 2 aromatic carbocycles. The first-order valence-corrected chi connectivity index (χ1v) is 9.35. The number of hydrogen-bond donors (Lipinski definition) is 2. The number of nitrogens with zero attached hydrogens (tertiary/aromatic N) is 2. The van der Waals surface area contributed by atoms with E-state index in [-0.39, 0.29) is 12.7 Å². The molecule has 0 bridgehead atoms. The number of benzene rings is 2. The lowest BCUT2D eigenvalue weighted by atomic mass is 9.79. The summed E-state index contributed by atoms with van der Waals surface area (Å²) in [5, 5.41) is 25.3. The number of fused-ring (bicyclic) bond motifs is 2. The second-order valence-corrected chi connectivity index (χ2v) is 7.31. The maximum atomic E-state index is 9.78. The minimum absolute atomic E-state index is 0.112. The normalized spacial score (nSPS) is 19.6. The highest BCUT2D eigenvalue weighted by atomic mass is 79.9. The monoisotopic (exact) mass is 436 g/mol. The lowest BCUT2D eigenvalue weighted by molar-refractivity contribution is 0.174. The number of rotatable bonds is 2. The van der Waals surface area contributed by atoms with Gasteiger partial charge in [-0.25, -0.2) is 0 Å². The van der Waals surface area contributed by atoms with Crippen molar-refractivity contribution < 1.29 is 14.2 Å².